The number of benzene rings is 2. The molecule has 0 spiro atoms. The van der Waals surface area contributed by atoms with E-state index < -0.39 is 15.9 Å². The predicted octanol–water partition coefficient (Wildman–Crippen LogP) is 1.03. The van der Waals surface area contributed by atoms with E-state index in [-0.39, 0.29) is 21.4 Å². The summed E-state index contributed by atoms with van der Waals surface area (Å²) in [5.41, 5.74) is 7.12. The maximum Gasteiger partial charge on any atom is 0.279 e. The molecule has 0 aromatic heterocycles. The minimum absolute atomic E-state index is 0.00994. The molecule has 9 nitrogen and oxygen atoms in total. The Morgan fingerprint density at radius 2 is 2.00 bits per heavy atom. The largest absolute Gasteiger partial charge is 0.374 e. The smallest absolute Gasteiger partial charge is 0.279 e. The van der Waals surface area contributed by atoms with Crippen molar-refractivity contribution in [3.8, 4) is 6.07 Å². The number of likely N-dealkylation sites (N-methyl/N-ethyl adjacent to an activating group) is 1. The quantitative estimate of drug-likeness (QED) is 0.546. The molecule has 148 valence electrons. The van der Waals surface area contributed by atoms with Crippen molar-refractivity contribution in [2.24, 2.45) is 16.0 Å². The maximum atomic E-state index is 12.9. The average Bonchev–Trinajstić information content (AvgIpc) is 2.94. The third-order valence-corrected chi connectivity index (χ3v) is 5.38. The second-order valence-electron chi connectivity index (χ2n) is 6.00. The maximum absolute atomic E-state index is 12.9. The fourth-order valence-corrected chi connectivity index (χ4v) is 3.84. The summed E-state index contributed by atoms with van der Waals surface area (Å²) >= 11 is 5.04. The van der Waals surface area contributed by atoms with Crippen LogP contribution in [0.2, 0.25) is 0 Å². The molecule has 29 heavy (non-hydrogen) atoms. The Hall–Kier alpha value is -3.33. The monoisotopic (exact) mass is 428 g/mol. The van der Waals surface area contributed by atoms with E-state index in [9.17, 15) is 18.5 Å². The zero-order chi connectivity index (χ0) is 21.3. The molecule has 1 heterocycles. The number of anilines is 2. The number of hydrogen-bond acceptors (Lipinski definition) is 6. The van der Waals surface area contributed by atoms with E-state index in [0.717, 1.165) is 5.01 Å². The molecule has 0 unspecified atom stereocenters. The number of nitriles is 1. The third-order valence-electron chi connectivity index (χ3n) is 4.24. The number of sulfonamides is 1. The number of carbonyl (C=O) groups is 1. The van der Waals surface area contributed by atoms with E-state index >= 15 is 0 Å². The number of hydrazone groups is 1. The number of carbonyl (C=O) groups excluding carboxylic acids is 1. The Bertz CT molecular complexity index is 1200. The highest BCUT2D eigenvalue weighted by Crippen LogP contribution is 2.32. The second kappa shape index (κ2) is 7.59. The number of fused-ring (bicyclic) bond motifs is 1. The number of nitrogens with zero attached hydrogens (tertiary/aromatic N) is 4. The molecule has 0 bridgehead atoms. The van der Waals surface area contributed by atoms with Gasteiger partial charge < -0.3 is 10.6 Å². The van der Waals surface area contributed by atoms with Crippen LogP contribution in [-0.2, 0) is 14.8 Å². The van der Waals surface area contributed by atoms with E-state index in [4.69, 9.17) is 23.1 Å². The molecule has 1 amide bonds. The van der Waals surface area contributed by atoms with Crippen LogP contribution < -0.4 is 20.8 Å². The number of amides is 1. The third kappa shape index (κ3) is 3.68. The van der Waals surface area contributed by atoms with Crippen LogP contribution in [0.4, 0.5) is 11.4 Å². The highest BCUT2D eigenvalue weighted by Gasteiger charge is 2.35. The van der Waals surface area contributed by atoms with Crippen LogP contribution in [0.25, 0.3) is 0 Å². The summed E-state index contributed by atoms with van der Waals surface area (Å²) in [4.78, 5) is 14.2. The van der Waals surface area contributed by atoms with Crippen LogP contribution in [0.15, 0.2) is 52.5 Å². The zero-order valence-corrected chi connectivity index (χ0v) is 16.9. The number of para-hydroxylation sites is 1. The van der Waals surface area contributed by atoms with Gasteiger partial charge in [0, 0.05) is 12.1 Å². The minimum atomic E-state index is -4.11. The van der Waals surface area contributed by atoms with E-state index in [1.54, 1.807) is 25.1 Å². The van der Waals surface area contributed by atoms with Crippen LogP contribution >= 0.6 is 12.2 Å². The van der Waals surface area contributed by atoms with Gasteiger partial charge in [0.05, 0.1) is 23.0 Å². The molecule has 0 saturated heterocycles. The lowest BCUT2D eigenvalue weighted by molar-refractivity contribution is -0.112. The minimum Gasteiger partial charge on any atom is -0.374 e. The number of hydrogen-bond donors (Lipinski definition) is 2. The first-order valence-corrected chi connectivity index (χ1v) is 10.3. The molecule has 0 aliphatic carbocycles. The molecule has 0 atom stereocenters. The predicted molar refractivity (Wildman–Crippen MR) is 113 cm³/mol. The van der Waals surface area contributed by atoms with Crippen LogP contribution in [0.1, 0.15) is 18.1 Å². The Balaban J connectivity index is 2.24. The summed E-state index contributed by atoms with van der Waals surface area (Å²) in [7, 11) is -4.11. The first-order valence-electron chi connectivity index (χ1n) is 8.35. The summed E-state index contributed by atoms with van der Waals surface area (Å²) < 4.78 is 23.9. The highest BCUT2D eigenvalue weighted by molar-refractivity contribution is 7.89. The summed E-state index contributed by atoms with van der Waals surface area (Å²) in [6, 6.07) is 12.6. The fraction of sp³-hybridized carbons (Fsp3) is 0.111. The average molecular weight is 428 g/mol. The van der Waals surface area contributed by atoms with Crippen molar-refractivity contribution >= 4 is 50.3 Å². The Kier molecular flexibility index (Phi) is 5.34. The van der Waals surface area contributed by atoms with Crippen molar-refractivity contribution in [3.05, 3.63) is 53.6 Å². The van der Waals surface area contributed by atoms with Gasteiger partial charge in [-0.15, -0.1) is 0 Å². The van der Waals surface area contributed by atoms with E-state index in [0.29, 0.717) is 23.4 Å². The molecule has 0 saturated carbocycles. The summed E-state index contributed by atoms with van der Waals surface area (Å²) in [6.45, 7) is 2.17. The first-order chi connectivity index (χ1) is 13.7. The summed E-state index contributed by atoms with van der Waals surface area (Å²) in [5, 5.41) is 19.5. The molecule has 11 heteroatoms. The van der Waals surface area contributed by atoms with E-state index in [1.807, 2.05) is 6.07 Å². The van der Waals surface area contributed by atoms with Gasteiger partial charge in [0.15, 0.2) is 10.8 Å². The van der Waals surface area contributed by atoms with Crippen LogP contribution in [-0.4, -0.2) is 31.7 Å². The van der Waals surface area contributed by atoms with Crippen molar-refractivity contribution < 1.29 is 13.2 Å². The van der Waals surface area contributed by atoms with Gasteiger partial charge in [0.25, 0.3) is 5.91 Å². The van der Waals surface area contributed by atoms with Crippen molar-refractivity contribution in [2.75, 3.05) is 16.5 Å². The van der Waals surface area contributed by atoms with Crippen LogP contribution in [0, 0.1) is 11.3 Å². The SMILES string of the molecule is CCN1C(=O)/C(=N\N(C(N)=S)c2ccccc2S(N)(=O)=O)c2cc(C#N)ccc21. The van der Waals surface area contributed by atoms with Gasteiger partial charge in [-0.25, -0.2) is 18.6 Å². The molecule has 2 aromatic rings. The van der Waals surface area contributed by atoms with Crippen molar-refractivity contribution in [3.63, 3.8) is 0 Å². The van der Waals surface area contributed by atoms with Crippen molar-refractivity contribution in [2.45, 2.75) is 11.8 Å². The molecule has 0 fully saturated rings. The second-order valence-corrected chi connectivity index (χ2v) is 7.95. The molecular weight excluding hydrogens is 412 g/mol. The Morgan fingerprint density at radius 3 is 2.59 bits per heavy atom. The number of primary sulfonamides is 1. The number of rotatable bonds is 4. The molecule has 4 N–H and O–H groups in total. The van der Waals surface area contributed by atoms with Crippen molar-refractivity contribution in [1.29, 1.82) is 5.26 Å². The summed E-state index contributed by atoms with van der Waals surface area (Å²) in [5.74, 6) is -0.424. The molecule has 2 aromatic carbocycles. The lowest BCUT2D eigenvalue weighted by atomic mass is 10.1. The lowest BCUT2D eigenvalue weighted by Gasteiger charge is -2.20. The van der Waals surface area contributed by atoms with Gasteiger partial charge >= 0.3 is 0 Å². The van der Waals surface area contributed by atoms with Gasteiger partial charge in [-0.1, -0.05) is 12.1 Å². The van der Waals surface area contributed by atoms with Gasteiger partial charge in [-0.05, 0) is 49.5 Å². The van der Waals surface area contributed by atoms with Crippen LogP contribution in [0.3, 0.4) is 0 Å². The summed E-state index contributed by atoms with van der Waals surface area (Å²) in [6.07, 6.45) is 0. The number of thiocarbonyl (C=S) groups is 1. The van der Waals surface area contributed by atoms with E-state index in [1.165, 1.54) is 29.2 Å². The molecular formula is C18H16N6O3S2. The fourth-order valence-electron chi connectivity index (χ4n) is 2.99. The van der Waals surface area contributed by atoms with Gasteiger partial charge in [0.2, 0.25) is 10.0 Å². The van der Waals surface area contributed by atoms with Gasteiger partial charge in [-0.2, -0.15) is 10.4 Å². The molecule has 0 radical (unpaired) electrons. The van der Waals surface area contributed by atoms with E-state index in [2.05, 4.69) is 5.10 Å². The molecule has 1 aliphatic heterocycles. The normalized spacial score (nSPS) is 14.6. The van der Waals surface area contributed by atoms with Crippen LogP contribution in [0.5, 0.6) is 0 Å². The highest BCUT2D eigenvalue weighted by atomic mass is 32.2. The zero-order valence-electron chi connectivity index (χ0n) is 15.2. The number of nitrogens with two attached hydrogens (primary N) is 2. The van der Waals surface area contributed by atoms with Crippen molar-refractivity contribution in [1.82, 2.24) is 0 Å². The standard InChI is InChI=1S/C18H16N6O3S2/c1-2-23-13-8-7-11(10-19)9-12(13)16(17(23)25)22-24(18(20)28)14-5-3-4-6-15(14)29(21,26)27/h3-9H,2H2,1H3,(H2,20,28)(H2,21,26,27)/b22-16-. The Morgan fingerprint density at radius 1 is 1.31 bits per heavy atom. The first kappa shape index (κ1) is 20.4. The van der Waals surface area contributed by atoms with Gasteiger partial charge in [-0.3, -0.25) is 4.79 Å². The topological polar surface area (TPSA) is 146 Å². The van der Waals surface area contributed by atoms with Gasteiger partial charge in [0.1, 0.15) is 4.90 Å². The molecule has 3 rings (SSSR count). The lowest BCUT2D eigenvalue weighted by Crippen LogP contribution is -2.36. The molecule has 1 aliphatic rings. The Labute approximate surface area is 172 Å².